The van der Waals surface area contributed by atoms with Gasteiger partial charge < -0.3 is 15.2 Å². The van der Waals surface area contributed by atoms with Crippen molar-refractivity contribution in [1.82, 2.24) is 15.3 Å². The monoisotopic (exact) mass is 429 g/mol. The second-order valence-corrected chi connectivity index (χ2v) is 8.68. The number of carbonyl (C=O) groups is 1. The molecule has 2 heterocycles. The molecule has 0 spiro atoms. The van der Waals surface area contributed by atoms with E-state index in [9.17, 15) is 9.90 Å². The molecule has 2 aliphatic rings. The number of aromatic nitrogens is 2. The maximum atomic E-state index is 13.4. The molecule has 0 bridgehead atoms. The number of nitrogens with zero attached hydrogens (tertiary/aromatic N) is 2. The van der Waals surface area contributed by atoms with Gasteiger partial charge in [-0.05, 0) is 49.4 Å². The van der Waals surface area contributed by atoms with Gasteiger partial charge in [0, 0.05) is 35.6 Å². The zero-order valence-electron chi connectivity index (χ0n) is 17.9. The van der Waals surface area contributed by atoms with E-state index < -0.39 is 11.6 Å². The van der Waals surface area contributed by atoms with Crippen molar-refractivity contribution in [2.45, 2.75) is 30.8 Å². The van der Waals surface area contributed by atoms with Crippen molar-refractivity contribution in [3.63, 3.8) is 0 Å². The highest BCUT2D eigenvalue weighted by Crippen LogP contribution is 2.48. The first kappa shape index (κ1) is 20.8. The summed E-state index contributed by atoms with van der Waals surface area (Å²) in [4.78, 5) is 22.1. The van der Waals surface area contributed by atoms with Crippen LogP contribution in [0.3, 0.4) is 0 Å². The second kappa shape index (κ2) is 8.81. The molecular weight excluding hydrogens is 402 g/mol. The molecule has 2 atom stereocenters. The van der Waals surface area contributed by atoms with E-state index in [2.05, 4.69) is 15.3 Å². The van der Waals surface area contributed by atoms with E-state index in [1.54, 1.807) is 30.7 Å². The van der Waals surface area contributed by atoms with Crippen LogP contribution < -0.4 is 5.32 Å². The van der Waals surface area contributed by atoms with E-state index in [0.717, 1.165) is 49.2 Å². The molecule has 0 saturated carbocycles. The normalized spacial score (nSPS) is 19.6. The van der Waals surface area contributed by atoms with Gasteiger partial charge in [-0.25, -0.2) is 4.79 Å². The first-order chi connectivity index (χ1) is 15.7. The lowest BCUT2D eigenvalue weighted by Gasteiger charge is -2.28. The molecule has 1 aliphatic heterocycles. The fourth-order valence-electron chi connectivity index (χ4n) is 5.04. The summed E-state index contributed by atoms with van der Waals surface area (Å²) in [5.74, 6) is -0.232. The van der Waals surface area contributed by atoms with Gasteiger partial charge in [0.25, 0.3) is 0 Å². The Labute approximate surface area is 187 Å². The molecule has 0 radical (unpaired) electrons. The third kappa shape index (κ3) is 3.70. The molecule has 1 aliphatic carbocycles. The molecule has 2 aromatic carbocycles. The van der Waals surface area contributed by atoms with Crippen molar-refractivity contribution in [2.75, 3.05) is 19.7 Å². The smallest absolute Gasteiger partial charge is 0.347 e. The lowest BCUT2D eigenvalue weighted by atomic mass is 9.87. The zero-order valence-corrected chi connectivity index (χ0v) is 17.9. The van der Waals surface area contributed by atoms with Crippen molar-refractivity contribution in [3.05, 3.63) is 83.9 Å². The molecule has 1 fully saturated rings. The van der Waals surface area contributed by atoms with Gasteiger partial charge in [0.1, 0.15) is 0 Å². The molecule has 1 unspecified atom stereocenters. The number of benzene rings is 2. The number of hydrogen-bond acceptors (Lipinski definition) is 6. The fourth-order valence-corrected chi connectivity index (χ4v) is 5.04. The van der Waals surface area contributed by atoms with Crippen LogP contribution in [0.15, 0.2) is 67.1 Å². The van der Waals surface area contributed by atoms with Crippen molar-refractivity contribution >= 4 is 5.97 Å². The minimum Gasteiger partial charge on any atom is -0.462 e. The van der Waals surface area contributed by atoms with Crippen LogP contribution in [0.4, 0.5) is 0 Å². The van der Waals surface area contributed by atoms with Gasteiger partial charge in [-0.1, -0.05) is 48.5 Å². The summed E-state index contributed by atoms with van der Waals surface area (Å²) in [5, 5.41) is 15.1. The highest BCUT2D eigenvalue weighted by atomic mass is 16.5. The number of aliphatic hydroxyl groups is 1. The highest BCUT2D eigenvalue weighted by molar-refractivity contribution is 5.96. The third-order valence-electron chi connectivity index (χ3n) is 6.65. The SMILES string of the molecule is O=C(OCC(C[C@H]1CCCNC1)c1cnccn1)C1(O)c2ccccc2-c2ccccc21. The van der Waals surface area contributed by atoms with E-state index >= 15 is 0 Å². The summed E-state index contributed by atoms with van der Waals surface area (Å²) in [5.41, 5.74) is 1.86. The molecule has 6 heteroatoms. The van der Waals surface area contributed by atoms with Crippen LogP contribution in [0, 0.1) is 5.92 Å². The maximum Gasteiger partial charge on any atom is 0.347 e. The summed E-state index contributed by atoms with van der Waals surface area (Å²) in [7, 11) is 0. The topological polar surface area (TPSA) is 84.3 Å². The van der Waals surface area contributed by atoms with E-state index in [1.165, 1.54) is 0 Å². The summed E-state index contributed by atoms with van der Waals surface area (Å²) >= 11 is 0. The molecule has 6 nitrogen and oxygen atoms in total. The van der Waals surface area contributed by atoms with Crippen LogP contribution in [0.25, 0.3) is 11.1 Å². The van der Waals surface area contributed by atoms with Gasteiger partial charge in [0.05, 0.1) is 12.3 Å². The number of fused-ring (bicyclic) bond motifs is 3. The quantitative estimate of drug-likeness (QED) is 0.584. The van der Waals surface area contributed by atoms with Crippen molar-refractivity contribution < 1.29 is 14.6 Å². The summed E-state index contributed by atoms with van der Waals surface area (Å²) in [6, 6.07) is 14.9. The molecule has 2 N–H and O–H groups in total. The first-order valence-corrected chi connectivity index (χ1v) is 11.2. The molecule has 164 valence electrons. The van der Waals surface area contributed by atoms with Gasteiger partial charge in [-0.3, -0.25) is 9.97 Å². The van der Waals surface area contributed by atoms with Crippen LogP contribution in [-0.2, 0) is 15.1 Å². The van der Waals surface area contributed by atoms with Crippen LogP contribution in [-0.4, -0.2) is 40.7 Å². The first-order valence-electron chi connectivity index (χ1n) is 11.2. The van der Waals surface area contributed by atoms with E-state index in [1.807, 2.05) is 36.4 Å². The van der Waals surface area contributed by atoms with Gasteiger partial charge in [-0.2, -0.15) is 0 Å². The Morgan fingerprint density at radius 2 is 1.84 bits per heavy atom. The molecule has 32 heavy (non-hydrogen) atoms. The van der Waals surface area contributed by atoms with Crippen LogP contribution in [0.1, 0.15) is 42.0 Å². The van der Waals surface area contributed by atoms with E-state index in [4.69, 9.17) is 4.74 Å². The number of rotatable bonds is 6. The summed E-state index contributed by atoms with van der Waals surface area (Å²) in [6.07, 6.45) is 8.19. The Morgan fingerprint density at radius 1 is 1.12 bits per heavy atom. The lowest BCUT2D eigenvalue weighted by Crippen LogP contribution is -2.38. The van der Waals surface area contributed by atoms with Crippen molar-refractivity contribution in [3.8, 4) is 11.1 Å². The average molecular weight is 430 g/mol. The van der Waals surface area contributed by atoms with Gasteiger partial charge in [0.2, 0.25) is 5.60 Å². The largest absolute Gasteiger partial charge is 0.462 e. The number of carbonyl (C=O) groups excluding carboxylic acids is 1. The standard InChI is InChI=1S/C26H27N3O3/c30-25(26(31)22-9-3-1-7-20(22)21-8-2-4-10-23(21)26)32-17-19(24-16-28-12-13-29-24)14-18-6-5-11-27-15-18/h1-4,7-10,12-13,16,18-19,27,31H,5-6,11,14-15,17H2/t18-,19?/m1/s1. The Kier molecular flexibility index (Phi) is 5.72. The zero-order chi connectivity index (χ0) is 22.0. The Morgan fingerprint density at radius 3 is 2.47 bits per heavy atom. The number of piperidine rings is 1. The Hall–Kier alpha value is -3.09. The molecule has 1 aromatic heterocycles. The Bertz CT molecular complexity index is 1050. The molecular formula is C26H27N3O3. The average Bonchev–Trinajstić information content (AvgIpc) is 3.13. The van der Waals surface area contributed by atoms with Crippen LogP contribution in [0.2, 0.25) is 0 Å². The lowest BCUT2D eigenvalue weighted by molar-refractivity contribution is -0.162. The fraction of sp³-hybridized carbons (Fsp3) is 0.346. The van der Waals surface area contributed by atoms with Crippen LogP contribution in [0.5, 0.6) is 0 Å². The number of esters is 1. The van der Waals surface area contributed by atoms with Gasteiger partial charge >= 0.3 is 5.97 Å². The number of ether oxygens (including phenoxy) is 1. The molecule has 1 saturated heterocycles. The van der Waals surface area contributed by atoms with Gasteiger partial charge in [-0.15, -0.1) is 0 Å². The molecule has 3 aromatic rings. The van der Waals surface area contributed by atoms with Crippen molar-refractivity contribution in [1.29, 1.82) is 0 Å². The molecule has 5 rings (SSSR count). The Balaban J connectivity index is 1.39. The maximum absolute atomic E-state index is 13.4. The number of nitrogens with one attached hydrogen (secondary N) is 1. The minimum atomic E-state index is -1.81. The van der Waals surface area contributed by atoms with Gasteiger partial charge in [0.15, 0.2) is 0 Å². The summed E-state index contributed by atoms with van der Waals surface area (Å²) < 4.78 is 5.82. The highest BCUT2D eigenvalue weighted by Gasteiger charge is 2.49. The summed E-state index contributed by atoms with van der Waals surface area (Å²) in [6.45, 7) is 2.16. The number of hydrogen-bond donors (Lipinski definition) is 2. The van der Waals surface area contributed by atoms with E-state index in [-0.39, 0.29) is 12.5 Å². The minimum absolute atomic E-state index is 0.0759. The molecule has 0 amide bonds. The third-order valence-corrected chi connectivity index (χ3v) is 6.65. The van der Waals surface area contributed by atoms with Crippen molar-refractivity contribution in [2.24, 2.45) is 5.92 Å². The predicted molar refractivity (Wildman–Crippen MR) is 121 cm³/mol. The second-order valence-electron chi connectivity index (χ2n) is 8.68. The van der Waals surface area contributed by atoms with Crippen LogP contribution >= 0.6 is 0 Å². The van der Waals surface area contributed by atoms with E-state index in [0.29, 0.717) is 17.0 Å². The predicted octanol–water partition coefficient (Wildman–Crippen LogP) is 3.41.